The highest BCUT2D eigenvalue weighted by Gasteiger charge is 2.30. The van der Waals surface area contributed by atoms with Crippen LogP contribution in [0.25, 0.3) is 0 Å². The molecule has 1 aliphatic heterocycles. The van der Waals surface area contributed by atoms with Crippen LogP contribution in [0, 0.1) is 6.92 Å². The Bertz CT molecular complexity index is 638. The van der Waals surface area contributed by atoms with Crippen LogP contribution in [0.2, 0.25) is 0 Å². The molecule has 1 fully saturated rings. The molecule has 5 nitrogen and oxygen atoms in total. The van der Waals surface area contributed by atoms with E-state index in [1.807, 2.05) is 23.2 Å². The van der Waals surface area contributed by atoms with E-state index in [0.717, 1.165) is 38.2 Å². The number of carbonyl (C=O) groups is 1. The van der Waals surface area contributed by atoms with Crippen molar-refractivity contribution in [1.82, 2.24) is 14.8 Å². The maximum atomic E-state index is 12.0. The first-order chi connectivity index (χ1) is 11.1. The van der Waals surface area contributed by atoms with Crippen LogP contribution in [0.1, 0.15) is 29.9 Å². The molecule has 1 saturated heterocycles. The summed E-state index contributed by atoms with van der Waals surface area (Å²) in [5.74, 6) is 1.49. The smallest absolute Gasteiger partial charge is 0.220 e. The van der Waals surface area contributed by atoms with Crippen LogP contribution in [0.3, 0.4) is 0 Å². The second kappa shape index (κ2) is 7.27. The number of hydrogen-bond acceptors (Lipinski definition) is 5. The van der Waals surface area contributed by atoms with Crippen LogP contribution in [-0.2, 0) is 17.8 Å². The third kappa shape index (κ3) is 4.20. The molecule has 6 heteroatoms. The van der Waals surface area contributed by atoms with Gasteiger partial charge in [0.2, 0.25) is 11.8 Å². The van der Waals surface area contributed by atoms with Gasteiger partial charge < -0.3 is 14.2 Å². The first kappa shape index (κ1) is 16.2. The van der Waals surface area contributed by atoms with Gasteiger partial charge in [0.05, 0.1) is 12.7 Å². The maximum absolute atomic E-state index is 12.0. The number of aryl methyl sites for hydroxylation is 1. The van der Waals surface area contributed by atoms with Gasteiger partial charge in [-0.15, -0.1) is 11.3 Å². The summed E-state index contributed by atoms with van der Waals surface area (Å²) in [5, 5.41) is 2.12. The molecule has 23 heavy (non-hydrogen) atoms. The summed E-state index contributed by atoms with van der Waals surface area (Å²) in [5.41, 5.74) is 0. The molecule has 0 bridgehead atoms. The fourth-order valence-corrected chi connectivity index (χ4v) is 3.81. The zero-order valence-corrected chi connectivity index (χ0v) is 14.5. The number of rotatable bonds is 6. The summed E-state index contributed by atoms with van der Waals surface area (Å²) in [4.78, 5) is 22.0. The van der Waals surface area contributed by atoms with Crippen molar-refractivity contribution in [3.05, 3.63) is 40.2 Å². The fourth-order valence-electron chi connectivity index (χ4n) is 3.11. The van der Waals surface area contributed by atoms with Gasteiger partial charge in [0.25, 0.3) is 0 Å². The van der Waals surface area contributed by atoms with Crippen LogP contribution in [0.5, 0.6) is 0 Å². The zero-order valence-electron chi connectivity index (χ0n) is 13.7. The third-order valence-electron chi connectivity index (χ3n) is 4.32. The van der Waals surface area contributed by atoms with Gasteiger partial charge in [-0.2, -0.15) is 0 Å². The predicted molar refractivity (Wildman–Crippen MR) is 90.3 cm³/mol. The van der Waals surface area contributed by atoms with E-state index in [-0.39, 0.29) is 11.9 Å². The summed E-state index contributed by atoms with van der Waals surface area (Å²) in [6.45, 7) is 7.00. The summed E-state index contributed by atoms with van der Waals surface area (Å²) >= 11 is 1.81. The van der Waals surface area contributed by atoms with E-state index in [4.69, 9.17) is 4.42 Å². The first-order valence-electron chi connectivity index (χ1n) is 8.05. The predicted octanol–water partition coefficient (Wildman–Crippen LogP) is 2.71. The van der Waals surface area contributed by atoms with E-state index in [1.165, 1.54) is 4.88 Å². The number of aromatic nitrogens is 1. The molecule has 0 aromatic carbocycles. The molecule has 0 saturated carbocycles. The first-order valence-corrected chi connectivity index (χ1v) is 8.93. The highest BCUT2D eigenvalue weighted by Crippen LogP contribution is 2.19. The molecule has 2 aromatic rings. The zero-order chi connectivity index (χ0) is 16.2. The van der Waals surface area contributed by atoms with Crippen molar-refractivity contribution in [2.24, 2.45) is 0 Å². The topological polar surface area (TPSA) is 49.6 Å². The molecular formula is C17H23N3O2S. The van der Waals surface area contributed by atoms with E-state index < -0.39 is 0 Å². The van der Waals surface area contributed by atoms with Crippen molar-refractivity contribution in [2.45, 2.75) is 39.3 Å². The van der Waals surface area contributed by atoms with Gasteiger partial charge in [0.1, 0.15) is 5.76 Å². The average molecular weight is 333 g/mol. The molecule has 1 atom stereocenters. The summed E-state index contributed by atoms with van der Waals surface area (Å²) < 4.78 is 5.53. The Kier molecular flexibility index (Phi) is 5.13. The Morgan fingerprint density at radius 1 is 1.57 bits per heavy atom. The van der Waals surface area contributed by atoms with Gasteiger partial charge in [-0.05, 0) is 31.2 Å². The molecule has 2 aromatic heterocycles. The van der Waals surface area contributed by atoms with Crippen molar-refractivity contribution in [2.75, 3.05) is 19.6 Å². The summed E-state index contributed by atoms with van der Waals surface area (Å²) in [6.07, 6.45) is 3.81. The second-order valence-corrected chi connectivity index (χ2v) is 7.12. The lowest BCUT2D eigenvalue weighted by Gasteiger charge is -2.27. The van der Waals surface area contributed by atoms with Crippen LogP contribution in [0.4, 0.5) is 0 Å². The lowest BCUT2D eigenvalue weighted by atomic mass is 10.2. The molecule has 1 amide bonds. The van der Waals surface area contributed by atoms with Crippen molar-refractivity contribution in [3.63, 3.8) is 0 Å². The highest BCUT2D eigenvalue weighted by molar-refractivity contribution is 7.09. The van der Waals surface area contributed by atoms with Gasteiger partial charge >= 0.3 is 0 Å². The number of carbonyl (C=O) groups excluding carboxylic acids is 1. The Hall–Kier alpha value is -1.66. The Morgan fingerprint density at radius 3 is 3.09 bits per heavy atom. The summed E-state index contributed by atoms with van der Waals surface area (Å²) in [7, 11) is 0. The van der Waals surface area contributed by atoms with E-state index in [0.29, 0.717) is 12.4 Å². The van der Waals surface area contributed by atoms with Gasteiger partial charge in [-0.3, -0.25) is 4.79 Å². The van der Waals surface area contributed by atoms with E-state index in [2.05, 4.69) is 27.4 Å². The van der Waals surface area contributed by atoms with Gasteiger partial charge in [0, 0.05) is 37.5 Å². The lowest BCUT2D eigenvalue weighted by Crippen LogP contribution is -2.40. The van der Waals surface area contributed by atoms with Gasteiger partial charge in [-0.1, -0.05) is 6.07 Å². The van der Waals surface area contributed by atoms with Crippen LogP contribution in [-0.4, -0.2) is 46.4 Å². The quantitative estimate of drug-likeness (QED) is 0.815. The molecule has 3 heterocycles. The average Bonchev–Trinajstić information content (AvgIpc) is 3.24. The standard InChI is InChI=1S/C17H23N3O2S/c1-13-10-18-17(22-13)12-20(14(2)21)15-5-7-19(11-15)8-6-16-4-3-9-23-16/h3-4,9-10,15H,5-8,11-12H2,1-2H3. The minimum Gasteiger partial charge on any atom is -0.444 e. The maximum Gasteiger partial charge on any atom is 0.220 e. The fraction of sp³-hybridized carbons (Fsp3) is 0.529. The van der Waals surface area contributed by atoms with Crippen LogP contribution in [0.15, 0.2) is 28.1 Å². The molecular weight excluding hydrogens is 310 g/mol. The Labute approximate surface area is 140 Å². The van der Waals surface area contributed by atoms with Crippen molar-refractivity contribution < 1.29 is 9.21 Å². The molecule has 1 unspecified atom stereocenters. The SMILES string of the molecule is CC(=O)N(Cc1ncc(C)o1)C1CCN(CCc2cccs2)C1. The normalized spacial score (nSPS) is 18.4. The van der Waals surface area contributed by atoms with E-state index in [9.17, 15) is 4.79 Å². The number of likely N-dealkylation sites (tertiary alicyclic amines) is 1. The van der Waals surface area contributed by atoms with Gasteiger partial charge in [-0.25, -0.2) is 4.98 Å². The molecule has 0 spiro atoms. The Morgan fingerprint density at radius 2 is 2.43 bits per heavy atom. The van der Waals surface area contributed by atoms with Gasteiger partial charge in [0.15, 0.2) is 0 Å². The highest BCUT2D eigenvalue weighted by atomic mass is 32.1. The number of hydrogen-bond donors (Lipinski definition) is 0. The third-order valence-corrected chi connectivity index (χ3v) is 5.26. The van der Waals surface area contributed by atoms with Crippen LogP contribution >= 0.6 is 11.3 Å². The van der Waals surface area contributed by atoms with Crippen molar-refractivity contribution in [3.8, 4) is 0 Å². The van der Waals surface area contributed by atoms with Crippen molar-refractivity contribution in [1.29, 1.82) is 0 Å². The Balaban J connectivity index is 1.55. The largest absolute Gasteiger partial charge is 0.444 e. The molecule has 0 N–H and O–H groups in total. The lowest BCUT2D eigenvalue weighted by molar-refractivity contribution is -0.132. The number of oxazole rings is 1. The van der Waals surface area contributed by atoms with E-state index in [1.54, 1.807) is 13.1 Å². The molecule has 3 rings (SSSR count). The molecule has 0 radical (unpaired) electrons. The molecule has 0 aliphatic carbocycles. The summed E-state index contributed by atoms with van der Waals surface area (Å²) in [6, 6.07) is 4.54. The van der Waals surface area contributed by atoms with E-state index >= 15 is 0 Å². The number of thiophene rings is 1. The minimum absolute atomic E-state index is 0.0889. The second-order valence-electron chi connectivity index (χ2n) is 6.08. The number of amides is 1. The number of nitrogens with zero attached hydrogens (tertiary/aromatic N) is 3. The molecule has 124 valence electrons. The van der Waals surface area contributed by atoms with Crippen molar-refractivity contribution >= 4 is 17.2 Å². The monoisotopic (exact) mass is 333 g/mol. The minimum atomic E-state index is 0.0889. The molecule has 1 aliphatic rings. The van der Waals surface area contributed by atoms with Crippen LogP contribution < -0.4 is 0 Å².